The predicted molar refractivity (Wildman–Crippen MR) is 71.7 cm³/mol. The Balaban J connectivity index is 2.15. The number of hydrogen-bond donors (Lipinski definition) is 1. The lowest BCUT2D eigenvalue weighted by Gasteiger charge is -2.31. The van der Waals surface area contributed by atoms with Gasteiger partial charge in [0.1, 0.15) is 5.75 Å². The minimum atomic E-state index is 0.0657. The van der Waals surface area contributed by atoms with Crippen LogP contribution < -0.4 is 10.5 Å². The Labute approximate surface area is 108 Å². The van der Waals surface area contributed by atoms with Crippen LogP contribution in [0.4, 0.5) is 5.69 Å². The Morgan fingerprint density at radius 3 is 2.89 bits per heavy atom. The van der Waals surface area contributed by atoms with Crippen LogP contribution in [0.15, 0.2) is 18.2 Å². The number of likely N-dealkylation sites (tertiary alicyclic amines) is 1. The number of ether oxygens (including phenoxy) is 1. The highest BCUT2D eigenvalue weighted by Crippen LogP contribution is 2.24. The SMILES string of the molecule is COc1ccc(C(=O)N2CCCC(C)C2)cc1N. The molecule has 1 amide bonds. The van der Waals surface area contributed by atoms with Gasteiger partial charge in [-0.15, -0.1) is 0 Å². The van der Waals surface area contributed by atoms with Gasteiger partial charge in [-0.1, -0.05) is 6.92 Å². The van der Waals surface area contributed by atoms with Gasteiger partial charge in [0.15, 0.2) is 0 Å². The highest BCUT2D eigenvalue weighted by Gasteiger charge is 2.22. The molecular weight excluding hydrogens is 228 g/mol. The molecule has 0 saturated carbocycles. The number of carbonyl (C=O) groups excluding carboxylic acids is 1. The summed E-state index contributed by atoms with van der Waals surface area (Å²) < 4.78 is 5.09. The molecule has 2 N–H and O–H groups in total. The number of anilines is 1. The minimum absolute atomic E-state index is 0.0657. The maximum absolute atomic E-state index is 12.3. The molecule has 0 aliphatic carbocycles. The second kappa shape index (κ2) is 5.29. The molecule has 1 heterocycles. The molecule has 1 unspecified atom stereocenters. The second-order valence-electron chi connectivity index (χ2n) is 4.96. The predicted octanol–water partition coefficient (Wildman–Crippen LogP) is 2.15. The lowest BCUT2D eigenvalue weighted by atomic mass is 9.99. The van der Waals surface area contributed by atoms with E-state index in [0.717, 1.165) is 19.5 Å². The molecule has 0 aromatic heterocycles. The van der Waals surface area contributed by atoms with Gasteiger partial charge in [0.2, 0.25) is 0 Å². The van der Waals surface area contributed by atoms with Crippen LogP contribution in [0, 0.1) is 5.92 Å². The summed E-state index contributed by atoms with van der Waals surface area (Å²) in [7, 11) is 1.57. The van der Waals surface area contributed by atoms with Gasteiger partial charge in [0.25, 0.3) is 5.91 Å². The summed E-state index contributed by atoms with van der Waals surface area (Å²) in [5.74, 6) is 1.26. The molecular formula is C14H20N2O2. The normalized spacial score (nSPS) is 19.7. The molecule has 98 valence electrons. The molecule has 1 aromatic carbocycles. The van der Waals surface area contributed by atoms with Crippen LogP contribution in [-0.2, 0) is 0 Å². The van der Waals surface area contributed by atoms with E-state index in [1.807, 2.05) is 4.90 Å². The molecule has 1 atom stereocenters. The highest BCUT2D eigenvalue weighted by molar-refractivity contribution is 5.95. The number of methoxy groups -OCH3 is 1. The van der Waals surface area contributed by atoms with Gasteiger partial charge in [-0.2, -0.15) is 0 Å². The molecule has 0 bridgehead atoms. The van der Waals surface area contributed by atoms with E-state index in [1.165, 1.54) is 6.42 Å². The maximum atomic E-state index is 12.3. The fraction of sp³-hybridized carbons (Fsp3) is 0.500. The molecule has 0 radical (unpaired) electrons. The standard InChI is InChI=1S/C14H20N2O2/c1-10-4-3-7-16(9-10)14(17)11-5-6-13(18-2)12(15)8-11/h5-6,8,10H,3-4,7,9,15H2,1-2H3. The van der Waals surface area contributed by atoms with E-state index in [1.54, 1.807) is 25.3 Å². The summed E-state index contributed by atoms with van der Waals surface area (Å²) in [5, 5.41) is 0. The third-order valence-electron chi connectivity index (χ3n) is 3.42. The quantitative estimate of drug-likeness (QED) is 0.816. The van der Waals surface area contributed by atoms with Gasteiger partial charge < -0.3 is 15.4 Å². The molecule has 18 heavy (non-hydrogen) atoms. The van der Waals surface area contributed by atoms with Gasteiger partial charge in [-0.25, -0.2) is 0 Å². The van der Waals surface area contributed by atoms with Crippen LogP contribution in [0.2, 0.25) is 0 Å². The summed E-state index contributed by atoms with van der Waals surface area (Å²) in [6.45, 7) is 3.86. The average molecular weight is 248 g/mol. The van der Waals surface area contributed by atoms with Crippen LogP contribution in [0.1, 0.15) is 30.1 Å². The van der Waals surface area contributed by atoms with Crippen molar-refractivity contribution in [3.63, 3.8) is 0 Å². The molecule has 1 aliphatic rings. The van der Waals surface area contributed by atoms with Crippen LogP contribution in [0.3, 0.4) is 0 Å². The van der Waals surface area contributed by atoms with Crippen LogP contribution in [-0.4, -0.2) is 31.0 Å². The summed E-state index contributed by atoms with van der Waals surface area (Å²) >= 11 is 0. The van der Waals surface area contributed by atoms with Crippen molar-refractivity contribution in [2.75, 3.05) is 25.9 Å². The largest absolute Gasteiger partial charge is 0.495 e. The van der Waals surface area contributed by atoms with Crippen molar-refractivity contribution < 1.29 is 9.53 Å². The first kappa shape index (κ1) is 12.7. The van der Waals surface area contributed by atoms with Crippen molar-refractivity contribution >= 4 is 11.6 Å². The lowest BCUT2D eigenvalue weighted by molar-refractivity contribution is 0.0683. The van der Waals surface area contributed by atoms with Gasteiger partial charge >= 0.3 is 0 Å². The smallest absolute Gasteiger partial charge is 0.253 e. The van der Waals surface area contributed by atoms with E-state index in [0.29, 0.717) is 22.9 Å². The topological polar surface area (TPSA) is 55.6 Å². The third kappa shape index (κ3) is 2.58. The Bertz CT molecular complexity index is 445. The fourth-order valence-electron chi connectivity index (χ4n) is 2.42. The zero-order chi connectivity index (χ0) is 13.1. The Morgan fingerprint density at radius 1 is 1.50 bits per heavy atom. The van der Waals surface area contributed by atoms with Gasteiger partial charge in [-0.3, -0.25) is 4.79 Å². The highest BCUT2D eigenvalue weighted by atomic mass is 16.5. The van der Waals surface area contributed by atoms with Crippen molar-refractivity contribution in [2.45, 2.75) is 19.8 Å². The van der Waals surface area contributed by atoms with Gasteiger partial charge in [-0.05, 0) is 37.0 Å². The number of piperidine rings is 1. The van der Waals surface area contributed by atoms with Gasteiger partial charge in [0, 0.05) is 18.7 Å². The first-order valence-electron chi connectivity index (χ1n) is 6.34. The van der Waals surface area contributed by atoms with Crippen molar-refractivity contribution in [1.29, 1.82) is 0 Å². The average Bonchev–Trinajstić information content (AvgIpc) is 2.37. The van der Waals surface area contributed by atoms with E-state index in [-0.39, 0.29) is 5.91 Å². The Hall–Kier alpha value is -1.71. The molecule has 1 saturated heterocycles. The van der Waals surface area contributed by atoms with E-state index in [4.69, 9.17) is 10.5 Å². The molecule has 0 spiro atoms. The number of rotatable bonds is 2. The van der Waals surface area contributed by atoms with Crippen LogP contribution >= 0.6 is 0 Å². The van der Waals surface area contributed by atoms with Crippen LogP contribution in [0.5, 0.6) is 5.75 Å². The maximum Gasteiger partial charge on any atom is 0.253 e. The summed E-state index contributed by atoms with van der Waals surface area (Å²) in [6, 6.07) is 5.22. The van der Waals surface area contributed by atoms with E-state index < -0.39 is 0 Å². The minimum Gasteiger partial charge on any atom is -0.495 e. The molecule has 1 fully saturated rings. The Kier molecular flexibility index (Phi) is 3.75. The van der Waals surface area contributed by atoms with E-state index >= 15 is 0 Å². The summed E-state index contributed by atoms with van der Waals surface area (Å²) in [5.41, 5.74) is 6.98. The molecule has 4 nitrogen and oxygen atoms in total. The van der Waals surface area contributed by atoms with E-state index in [9.17, 15) is 4.79 Å². The Morgan fingerprint density at radius 2 is 2.28 bits per heavy atom. The zero-order valence-electron chi connectivity index (χ0n) is 11.0. The molecule has 2 rings (SSSR count). The zero-order valence-corrected chi connectivity index (χ0v) is 11.0. The summed E-state index contributed by atoms with van der Waals surface area (Å²) in [6.07, 6.45) is 2.28. The number of amides is 1. The van der Waals surface area contributed by atoms with Crippen LogP contribution in [0.25, 0.3) is 0 Å². The summed E-state index contributed by atoms with van der Waals surface area (Å²) in [4.78, 5) is 14.2. The first-order chi connectivity index (χ1) is 8.61. The number of benzene rings is 1. The number of nitrogen functional groups attached to an aromatic ring is 1. The molecule has 1 aromatic rings. The number of hydrogen-bond acceptors (Lipinski definition) is 3. The molecule has 1 aliphatic heterocycles. The van der Waals surface area contributed by atoms with Crippen molar-refractivity contribution in [3.8, 4) is 5.75 Å². The fourth-order valence-corrected chi connectivity index (χ4v) is 2.42. The number of carbonyl (C=O) groups is 1. The van der Waals surface area contributed by atoms with Gasteiger partial charge in [0.05, 0.1) is 12.8 Å². The van der Waals surface area contributed by atoms with Crippen molar-refractivity contribution in [3.05, 3.63) is 23.8 Å². The third-order valence-corrected chi connectivity index (χ3v) is 3.42. The van der Waals surface area contributed by atoms with Crippen molar-refractivity contribution in [2.24, 2.45) is 5.92 Å². The number of nitrogens with two attached hydrogens (primary N) is 1. The second-order valence-corrected chi connectivity index (χ2v) is 4.96. The van der Waals surface area contributed by atoms with E-state index in [2.05, 4.69) is 6.92 Å². The number of nitrogens with zero attached hydrogens (tertiary/aromatic N) is 1. The molecule has 4 heteroatoms. The van der Waals surface area contributed by atoms with Crippen molar-refractivity contribution in [1.82, 2.24) is 4.90 Å². The lowest BCUT2D eigenvalue weighted by Crippen LogP contribution is -2.39. The monoisotopic (exact) mass is 248 g/mol. The first-order valence-corrected chi connectivity index (χ1v) is 6.34.